The first-order valence-electron chi connectivity index (χ1n) is 7.29. The molecule has 0 aromatic carbocycles. The molecule has 1 amide bonds. The van der Waals surface area contributed by atoms with E-state index in [1.165, 1.54) is 19.8 Å². The molecule has 2 aromatic heterocycles. The highest BCUT2D eigenvalue weighted by Crippen LogP contribution is 2.36. The molecular weight excluding hydrogens is 286 g/mol. The van der Waals surface area contributed by atoms with Crippen molar-refractivity contribution in [2.75, 3.05) is 0 Å². The lowest BCUT2D eigenvalue weighted by Crippen LogP contribution is -2.31. The molecule has 0 aliphatic heterocycles. The number of nitrogens with one attached hydrogen (secondary N) is 1. The van der Waals surface area contributed by atoms with Gasteiger partial charge in [0, 0.05) is 17.9 Å². The van der Waals surface area contributed by atoms with Crippen LogP contribution in [-0.2, 0) is 4.79 Å². The summed E-state index contributed by atoms with van der Waals surface area (Å²) in [5.74, 6) is 1.47. The Morgan fingerprint density at radius 2 is 2.19 bits per heavy atom. The van der Waals surface area contributed by atoms with Gasteiger partial charge in [0.25, 0.3) is 0 Å². The number of aryl methyl sites for hydroxylation is 1. The maximum atomic E-state index is 11.5. The average Bonchev–Trinajstić information content (AvgIpc) is 3.17. The molecule has 112 valence electrons. The van der Waals surface area contributed by atoms with E-state index in [0.717, 1.165) is 24.0 Å². The molecule has 3 rings (SSSR count). The fourth-order valence-electron chi connectivity index (χ4n) is 2.95. The standard InChI is InChI=1S/C15H19N3O2S/c1-9-7-21-8-12(9)14-17-15(20-18-14)13(16-10(2)19)11-5-3-4-6-11/h7-8,11,13H,3-6H2,1-2H3,(H,16,19). The summed E-state index contributed by atoms with van der Waals surface area (Å²) in [7, 11) is 0. The fraction of sp³-hybridized carbons (Fsp3) is 0.533. The number of nitrogens with zero attached hydrogens (tertiary/aromatic N) is 2. The van der Waals surface area contributed by atoms with Crippen LogP contribution in [-0.4, -0.2) is 16.0 Å². The topological polar surface area (TPSA) is 68.0 Å². The van der Waals surface area contributed by atoms with Crippen LogP contribution in [0.5, 0.6) is 0 Å². The Balaban J connectivity index is 1.87. The number of aromatic nitrogens is 2. The van der Waals surface area contributed by atoms with Gasteiger partial charge in [0.05, 0.1) is 0 Å². The molecule has 0 spiro atoms. The molecule has 21 heavy (non-hydrogen) atoms. The number of carbonyl (C=O) groups excluding carboxylic acids is 1. The van der Waals surface area contributed by atoms with Crippen LogP contribution in [0.3, 0.4) is 0 Å². The van der Waals surface area contributed by atoms with Crippen LogP contribution in [0, 0.1) is 12.8 Å². The van der Waals surface area contributed by atoms with E-state index in [-0.39, 0.29) is 11.9 Å². The van der Waals surface area contributed by atoms with Crippen molar-refractivity contribution < 1.29 is 9.32 Å². The van der Waals surface area contributed by atoms with Crippen molar-refractivity contribution in [3.63, 3.8) is 0 Å². The Bertz CT molecular complexity index is 628. The van der Waals surface area contributed by atoms with Gasteiger partial charge < -0.3 is 9.84 Å². The zero-order chi connectivity index (χ0) is 14.8. The van der Waals surface area contributed by atoms with Gasteiger partial charge in [-0.05, 0) is 36.6 Å². The summed E-state index contributed by atoms with van der Waals surface area (Å²) >= 11 is 1.62. The fourth-order valence-corrected chi connectivity index (χ4v) is 3.78. The lowest BCUT2D eigenvalue weighted by molar-refractivity contribution is -0.120. The highest BCUT2D eigenvalue weighted by atomic mass is 32.1. The van der Waals surface area contributed by atoms with E-state index in [1.807, 2.05) is 12.3 Å². The second-order valence-corrected chi connectivity index (χ2v) is 6.39. The third-order valence-corrected chi connectivity index (χ3v) is 4.90. The maximum Gasteiger partial charge on any atom is 0.249 e. The zero-order valence-corrected chi connectivity index (χ0v) is 13.1. The van der Waals surface area contributed by atoms with Crippen LogP contribution in [0.15, 0.2) is 15.3 Å². The van der Waals surface area contributed by atoms with Gasteiger partial charge in [-0.1, -0.05) is 18.0 Å². The van der Waals surface area contributed by atoms with Gasteiger partial charge in [-0.25, -0.2) is 0 Å². The molecule has 0 radical (unpaired) electrons. The van der Waals surface area contributed by atoms with Crippen LogP contribution < -0.4 is 5.32 Å². The predicted molar refractivity (Wildman–Crippen MR) is 80.9 cm³/mol. The van der Waals surface area contributed by atoms with Gasteiger partial charge >= 0.3 is 0 Å². The Morgan fingerprint density at radius 1 is 1.43 bits per heavy atom. The summed E-state index contributed by atoms with van der Waals surface area (Å²) in [5.41, 5.74) is 2.15. The SMILES string of the molecule is CC(=O)NC(c1nc(-c2cscc2C)no1)C1CCCC1. The molecule has 1 atom stereocenters. The van der Waals surface area contributed by atoms with Crippen molar-refractivity contribution >= 4 is 17.2 Å². The van der Waals surface area contributed by atoms with E-state index in [9.17, 15) is 4.79 Å². The minimum atomic E-state index is -0.162. The summed E-state index contributed by atoms with van der Waals surface area (Å²) in [6.07, 6.45) is 4.59. The van der Waals surface area contributed by atoms with Crippen molar-refractivity contribution in [1.29, 1.82) is 0 Å². The molecule has 1 fully saturated rings. The van der Waals surface area contributed by atoms with Gasteiger partial charge in [0.2, 0.25) is 17.6 Å². The molecule has 5 nitrogen and oxygen atoms in total. The first kappa shape index (κ1) is 14.3. The Kier molecular flexibility index (Phi) is 4.05. The number of hydrogen-bond acceptors (Lipinski definition) is 5. The minimum Gasteiger partial charge on any atom is -0.344 e. The van der Waals surface area contributed by atoms with Crippen molar-refractivity contribution in [2.45, 2.75) is 45.6 Å². The maximum absolute atomic E-state index is 11.5. The number of carbonyl (C=O) groups is 1. The summed E-state index contributed by atoms with van der Waals surface area (Å²) in [6, 6.07) is -0.162. The summed E-state index contributed by atoms with van der Waals surface area (Å²) in [5, 5.41) is 11.2. The molecule has 6 heteroatoms. The lowest BCUT2D eigenvalue weighted by atomic mass is 9.98. The monoisotopic (exact) mass is 305 g/mol. The molecule has 2 heterocycles. The molecule has 1 saturated carbocycles. The quantitative estimate of drug-likeness (QED) is 0.939. The molecule has 0 saturated heterocycles. The van der Waals surface area contributed by atoms with Crippen LogP contribution in [0.1, 0.15) is 50.1 Å². The third-order valence-electron chi connectivity index (χ3n) is 4.03. The van der Waals surface area contributed by atoms with Crippen LogP contribution in [0.4, 0.5) is 0 Å². The molecule has 0 bridgehead atoms. The van der Waals surface area contributed by atoms with E-state index in [2.05, 4.69) is 20.8 Å². The number of rotatable bonds is 4. The second-order valence-electron chi connectivity index (χ2n) is 5.65. The number of hydrogen-bond donors (Lipinski definition) is 1. The van der Waals surface area contributed by atoms with E-state index in [1.54, 1.807) is 11.3 Å². The smallest absolute Gasteiger partial charge is 0.249 e. The molecule has 1 N–H and O–H groups in total. The highest BCUT2D eigenvalue weighted by Gasteiger charge is 2.31. The summed E-state index contributed by atoms with van der Waals surface area (Å²) in [6.45, 7) is 3.56. The second kappa shape index (κ2) is 5.97. The van der Waals surface area contributed by atoms with E-state index < -0.39 is 0 Å². The molecule has 1 unspecified atom stereocenters. The van der Waals surface area contributed by atoms with Gasteiger partial charge in [-0.3, -0.25) is 4.79 Å². The van der Waals surface area contributed by atoms with E-state index in [0.29, 0.717) is 17.6 Å². The van der Waals surface area contributed by atoms with Crippen molar-refractivity contribution in [1.82, 2.24) is 15.5 Å². The molecular formula is C15H19N3O2S. The third kappa shape index (κ3) is 3.00. The molecule has 1 aliphatic rings. The Hall–Kier alpha value is -1.69. The van der Waals surface area contributed by atoms with E-state index >= 15 is 0 Å². The lowest BCUT2D eigenvalue weighted by Gasteiger charge is -2.20. The van der Waals surface area contributed by atoms with Crippen LogP contribution in [0.2, 0.25) is 0 Å². The van der Waals surface area contributed by atoms with Crippen molar-refractivity contribution in [2.24, 2.45) is 5.92 Å². The van der Waals surface area contributed by atoms with Gasteiger partial charge in [-0.2, -0.15) is 16.3 Å². The van der Waals surface area contributed by atoms with Crippen molar-refractivity contribution in [3.05, 3.63) is 22.2 Å². The summed E-state index contributed by atoms with van der Waals surface area (Å²) in [4.78, 5) is 16.0. The Morgan fingerprint density at radius 3 is 2.81 bits per heavy atom. The molecule has 2 aromatic rings. The Labute approximate surface area is 127 Å². The molecule has 1 aliphatic carbocycles. The van der Waals surface area contributed by atoms with Crippen molar-refractivity contribution in [3.8, 4) is 11.4 Å². The predicted octanol–water partition coefficient (Wildman–Crippen LogP) is 3.47. The van der Waals surface area contributed by atoms with E-state index in [4.69, 9.17) is 4.52 Å². The number of amides is 1. The van der Waals surface area contributed by atoms with Crippen LogP contribution in [0.25, 0.3) is 11.4 Å². The largest absolute Gasteiger partial charge is 0.344 e. The first-order valence-corrected chi connectivity index (χ1v) is 8.23. The highest BCUT2D eigenvalue weighted by molar-refractivity contribution is 7.08. The minimum absolute atomic E-state index is 0.0571. The first-order chi connectivity index (χ1) is 10.1. The van der Waals surface area contributed by atoms with Gasteiger partial charge in [-0.15, -0.1) is 0 Å². The normalized spacial score (nSPS) is 17.0. The number of thiophene rings is 1. The zero-order valence-electron chi connectivity index (χ0n) is 12.3. The van der Waals surface area contributed by atoms with Crippen LogP contribution >= 0.6 is 11.3 Å². The van der Waals surface area contributed by atoms with Gasteiger partial charge in [0.1, 0.15) is 6.04 Å². The average molecular weight is 305 g/mol. The summed E-state index contributed by atoms with van der Waals surface area (Å²) < 4.78 is 5.45. The van der Waals surface area contributed by atoms with Gasteiger partial charge in [0.15, 0.2) is 0 Å².